The SMILES string of the molecule is C=CCN1C(=O)NC(=N)C1(C)c1ccc(Br)cc1F. The van der Waals surface area contributed by atoms with Crippen LogP contribution in [-0.4, -0.2) is 23.3 Å². The molecule has 1 aromatic carbocycles. The van der Waals surface area contributed by atoms with Crippen LogP contribution in [-0.2, 0) is 5.54 Å². The van der Waals surface area contributed by atoms with E-state index in [1.807, 2.05) is 0 Å². The number of rotatable bonds is 3. The van der Waals surface area contributed by atoms with Crippen LogP contribution in [0.3, 0.4) is 0 Å². The standard InChI is InChI=1S/C13H13BrFN3O/c1-3-6-18-12(19)17-11(16)13(18,2)9-5-4-8(14)7-10(9)15/h3-5,7H,1,6H2,2H3,(H2,16,17,19). The number of benzene rings is 1. The molecule has 2 rings (SSSR count). The number of carbonyl (C=O) groups excluding carboxylic acids is 1. The Hall–Kier alpha value is -1.69. The number of amides is 2. The van der Waals surface area contributed by atoms with Crippen LogP contribution in [0.25, 0.3) is 0 Å². The molecule has 0 aliphatic carbocycles. The van der Waals surface area contributed by atoms with Crippen molar-refractivity contribution in [2.75, 3.05) is 6.54 Å². The molecule has 1 aliphatic heterocycles. The molecule has 6 heteroatoms. The first-order valence-electron chi connectivity index (χ1n) is 5.65. The number of hydrogen-bond acceptors (Lipinski definition) is 2. The Labute approximate surface area is 118 Å². The van der Waals surface area contributed by atoms with Crippen LogP contribution in [0.2, 0.25) is 0 Å². The normalized spacial score (nSPS) is 22.6. The molecule has 1 heterocycles. The zero-order valence-corrected chi connectivity index (χ0v) is 11.9. The van der Waals surface area contributed by atoms with E-state index in [1.54, 1.807) is 25.1 Å². The van der Waals surface area contributed by atoms with E-state index in [0.29, 0.717) is 4.47 Å². The van der Waals surface area contributed by atoms with Crippen molar-refractivity contribution < 1.29 is 9.18 Å². The fourth-order valence-corrected chi connectivity index (χ4v) is 2.53. The number of amidine groups is 1. The first-order valence-corrected chi connectivity index (χ1v) is 6.44. The molecule has 1 fully saturated rings. The van der Waals surface area contributed by atoms with Crippen molar-refractivity contribution in [2.45, 2.75) is 12.5 Å². The first kappa shape index (κ1) is 13.7. The van der Waals surface area contributed by atoms with E-state index >= 15 is 0 Å². The van der Waals surface area contributed by atoms with E-state index in [2.05, 4.69) is 27.8 Å². The molecule has 1 unspecified atom stereocenters. The summed E-state index contributed by atoms with van der Waals surface area (Å²) in [5, 5.41) is 10.4. The topological polar surface area (TPSA) is 56.2 Å². The quantitative estimate of drug-likeness (QED) is 0.825. The van der Waals surface area contributed by atoms with Crippen molar-refractivity contribution in [3.63, 3.8) is 0 Å². The van der Waals surface area contributed by atoms with Gasteiger partial charge in [-0.1, -0.05) is 28.1 Å². The van der Waals surface area contributed by atoms with Crippen LogP contribution in [0, 0.1) is 11.2 Å². The molecule has 4 nitrogen and oxygen atoms in total. The highest BCUT2D eigenvalue weighted by atomic mass is 79.9. The summed E-state index contributed by atoms with van der Waals surface area (Å²) in [4.78, 5) is 13.2. The molecule has 0 bridgehead atoms. The first-order chi connectivity index (χ1) is 8.91. The minimum atomic E-state index is -1.14. The van der Waals surface area contributed by atoms with Gasteiger partial charge in [-0.05, 0) is 19.1 Å². The largest absolute Gasteiger partial charge is 0.324 e. The van der Waals surface area contributed by atoms with E-state index in [0.717, 1.165) is 0 Å². The van der Waals surface area contributed by atoms with Gasteiger partial charge in [0.1, 0.15) is 17.2 Å². The Balaban J connectivity index is 2.57. The number of nitrogens with zero attached hydrogens (tertiary/aromatic N) is 1. The fraction of sp³-hybridized carbons (Fsp3) is 0.231. The minimum Gasteiger partial charge on any atom is -0.304 e. The third kappa shape index (κ3) is 2.06. The molecule has 0 saturated carbocycles. The van der Waals surface area contributed by atoms with Crippen molar-refractivity contribution in [2.24, 2.45) is 0 Å². The van der Waals surface area contributed by atoms with Gasteiger partial charge >= 0.3 is 6.03 Å². The lowest BCUT2D eigenvalue weighted by Crippen LogP contribution is -2.44. The molecule has 2 N–H and O–H groups in total. The summed E-state index contributed by atoms with van der Waals surface area (Å²) in [6.45, 7) is 5.46. The molecule has 2 amide bonds. The molecular weight excluding hydrogens is 313 g/mol. The van der Waals surface area contributed by atoms with Crippen LogP contribution in [0.4, 0.5) is 9.18 Å². The Kier molecular flexibility index (Phi) is 3.45. The Morgan fingerprint density at radius 3 is 2.89 bits per heavy atom. The third-order valence-corrected chi connectivity index (χ3v) is 3.76. The molecule has 0 aromatic heterocycles. The van der Waals surface area contributed by atoms with Gasteiger partial charge in [-0.25, -0.2) is 9.18 Å². The summed E-state index contributed by atoms with van der Waals surface area (Å²) < 4.78 is 14.8. The Morgan fingerprint density at radius 1 is 1.63 bits per heavy atom. The summed E-state index contributed by atoms with van der Waals surface area (Å²) in [7, 11) is 0. The zero-order chi connectivity index (χ0) is 14.2. The minimum absolute atomic E-state index is 0.0411. The van der Waals surface area contributed by atoms with E-state index in [-0.39, 0.29) is 17.9 Å². The Morgan fingerprint density at radius 2 is 2.32 bits per heavy atom. The summed E-state index contributed by atoms with van der Waals surface area (Å²) >= 11 is 3.19. The van der Waals surface area contributed by atoms with Crippen LogP contribution in [0.5, 0.6) is 0 Å². The van der Waals surface area contributed by atoms with E-state index in [9.17, 15) is 9.18 Å². The zero-order valence-electron chi connectivity index (χ0n) is 10.3. The van der Waals surface area contributed by atoms with Crippen molar-refractivity contribution in [3.8, 4) is 0 Å². The second-order valence-corrected chi connectivity index (χ2v) is 5.32. The maximum absolute atomic E-state index is 14.1. The number of hydrogen-bond donors (Lipinski definition) is 2. The van der Waals surface area contributed by atoms with Gasteiger partial charge in [0.25, 0.3) is 0 Å². The predicted octanol–water partition coefficient (Wildman–Crippen LogP) is 2.99. The molecule has 0 radical (unpaired) electrons. The van der Waals surface area contributed by atoms with Crippen molar-refractivity contribution in [3.05, 3.63) is 46.7 Å². The lowest BCUT2D eigenvalue weighted by Gasteiger charge is -2.33. The van der Waals surface area contributed by atoms with Gasteiger partial charge in [-0.3, -0.25) is 10.7 Å². The maximum Gasteiger partial charge on any atom is 0.324 e. The molecular formula is C13H13BrFN3O. The van der Waals surface area contributed by atoms with Crippen molar-refractivity contribution >= 4 is 27.8 Å². The van der Waals surface area contributed by atoms with E-state index in [4.69, 9.17) is 5.41 Å². The molecule has 19 heavy (non-hydrogen) atoms. The van der Waals surface area contributed by atoms with Gasteiger partial charge in [0.2, 0.25) is 0 Å². The number of carbonyl (C=O) groups is 1. The number of halogens is 2. The van der Waals surface area contributed by atoms with Gasteiger partial charge in [0.05, 0.1) is 0 Å². The molecule has 1 aliphatic rings. The third-order valence-electron chi connectivity index (χ3n) is 3.27. The van der Waals surface area contributed by atoms with E-state index < -0.39 is 17.4 Å². The van der Waals surface area contributed by atoms with Crippen LogP contribution in [0.1, 0.15) is 12.5 Å². The average molecular weight is 326 g/mol. The van der Waals surface area contributed by atoms with Crippen molar-refractivity contribution in [1.29, 1.82) is 5.41 Å². The lowest BCUT2D eigenvalue weighted by atomic mass is 9.89. The summed E-state index contributed by atoms with van der Waals surface area (Å²) in [6, 6.07) is 4.16. The second kappa shape index (κ2) is 4.77. The lowest BCUT2D eigenvalue weighted by molar-refractivity contribution is 0.187. The molecule has 0 spiro atoms. The van der Waals surface area contributed by atoms with Gasteiger partial charge in [0, 0.05) is 16.6 Å². The smallest absolute Gasteiger partial charge is 0.304 e. The van der Waals surface area contributed by atoms with Gasteiger partial charge in [-0.15, -0.1) is 6.58 Å². The highest BCUT2D eigenvalue weighted by molar-refractivity contribution is 9.10. The average Bonchev–Trinajstić information content (AvgIpc) is 2.54. The van der Waals surface area contributed by atoms with Crippen LogP contribution < -0.4 is 5.32 Å². The van der Waals surface area contributed by atoms with Gasteiger partial charge in [-0.2, -0.15) is 0 Å². The monoisotopic (exact) mass is 325 g/mol. The Bertz CT molecular complexity index is 575. The van der Waals surface area contributed by atoms with Gasteiger partial charge < -0.3 is 4.90 Å². The van der Waals surface area contributed by atoms with E-state index in [1.165, 1.54) is 11.0 Å². The maximum atomic E-state index is 14.1. The second-order valence-electron chi connectivity index (χ2n) is 4.40. The fourth-order valence-electron chi connectivity index (χ4n) is 2.19. The highest BCUT2D eigenvalue weighted by Crippen LogP contribution is 2.35. The molecule has 100 valence electrons. The number of nitrogens with one attached hydrogen (secondary N) is 2. The highest BCUT2D eigenvalue weighted by Gasteiger charge is 2.48. The molecule has 1 aromatic rings. The summed E-state index contributed by atoms with van der Waals surface area (Å²) in [6.07, 6.45) is 1.55. The summed E-state index contributed by atoms with van der Waals surface area (Å²) in [5.41, 5.74) is -0.864. The van der Waals surface area contributed by atoms with Crippen molar-refractivity contribution in [1.82, 2.24) is 10.2 Å². The predicted molar refractivity (Wildman–Crippen MR) is 74.6 cm³/mol. The number of urea groups is 1. The molecule has 1 atom stereocenters. The van der Waals surface area contributed by atoms with Crippen LogP contribution in [0.15, 0.2) is 35.3 Å². The van der Waals surface area contributed by atoms with Crippen LogP contribution >= 0.6 is 15.9 Å². The van der Waals surface area contributed by atoms with Gasteiger partial charge in [0.15, 0.2) is 0 Å². The summed E-state index contributed by atoms with van der Waals surface area (Å²) in [5.74, 6) is -0.507. The molecule has 1 saturated heterocycles.